The van der Waals surface area contributed by atoms with E-state index in [1.54, 1.807) is 12.1 Å². The Morgan fingerprint density at radius 3 is 2.37 bits per heavy atom. The van der Waals surface area contributed by atoms with Crippen molar-refractivity contribution in [2.75, 3.05) is 5.73 Å². The number of para-hydroxylation sites is 1. The third kappa shape index (κ3) is 3.42. The summed E-state index contributed by atoms with van der Waals surface area (Å²) in [6, 6.07) is 13.8. The van der Waals surface area contributed by atoms with E-state index in [4.69, 9.17) is 22.1 Å². The van der Waals surface area contributed by atoms with Gasteiger partial charge in [0.25, 0.3) is 0 Å². The van der Waals surface area contributed by atoms with Crippen molar-refractivity contribution < 1.29 is 4.74 Å². The van der Waals surface area contributed by atoms with E-state index in [1.807, 2.05) is 6.07 Å². The second-order valence-corrected chi connectivity index (χ2v) is 5.25. The highest BCUT2D eigenvalue weighted by Gasteiger charge is 2.06. The minimum absolute atomic E-state index is 0.465. The Morgan fingerprint density at radius 2 is 1.79 bits per heavy atom. The van der Waals surface area contributed by atoms with E-state index in [2.05, 4.69) is 38.1 Å². The van der Waals surface area contributed by atoms with Crippen LogP contribution in [-0.2, 0) is 6.61 Å². The van der Waals surface area contributed by atoms with Crippen LogP contribution in [0.4, 0.5) is 5.69 Å². The third-order valence-electron chi connectivity index (χ3n) is 3.03. The summed E-state index contributed by atoms with van der Waals surface area (Å²) in [7, 11) is 0. The van der Waals surface area contributed by atoms with E-state index in [-0.39, 0.29) is 0 Å². The van der Waals surface area contributed by atoms with Crippen molar-refractivity contribution in [3.8, 4) is 5.75 Å². The van der Waals surface area contributed by atoms with Gasteiger partial charge < -0.3 is 10.5 Å². The van der Waals surface area contributed by atoms with E-state index in [1.165, 1.54) is 5.56 Å². The van der Waals surface area contributed by atoms with Crippen molar-refractivity contribution in [2.45, 2.75) is 26.4 Å². The predicted octanol–water partition coefficient (Wildman–Crippen LogP) is 4.62. The van der Waals surface area contributed by atoms with Gasteiger partial charge in [0.05, 0.1) is 10.7 Å². The zero-order valence-electron chi connectivity index (χ0n) is 11.2. The van der Waals surface area contributed by atoms with E-state index in [0.717, 1.165) is 5.56 Å². The number of hydrogen-bond acceptors (Lipinski definition) is 2. The lowest BCUT2D eigenvalue weighted by atomic mass is 10.0. The molecule has 0 atom stereocenters. The number of rotatable bonds is 4. The average Bonchev–Trinajstić information content (AvgIpc) is 2.38. The second kappa shape index (κ2) is 5.98. The fourth-order valence-corrected chi connectivity index (χ4v) is 2.07. The standard InChI is InChI=1S/C16H18ClNO/c1-11(2)13-8-6-12(7-9-13)10-19-16-14(17)4-3-5-15(16)18/h3-9,11H,10,18H2,1-2H3. The Labute approximate surface area is 119 Å². The Morgan fingerprint density at radius 1 is 1.11 bits per heavy atom. The fraction of sp³-hybridized carbons (Fsp3) is 0.250. The molecule has 0 spiro atoms. The van der Waals surface area contributed by atoms with Crippen LogP contribution in [0.2, 0.25) is 5.02 Å². The first kappa shape index (κ1) is 13.8. The van der Waals surface area contributed by atoms with E-state index < -0.39 is 0 Å². The molecule has 0 saturated carbocycles. The van der Waals surface area contributed by atoms with Crippen molar-refractivity contribution in [2.24, 2.45) is 0 Å². The normalized spacial score (nSPS) is 10.7. The number of ether oxygens (including phenoxy) is 1. The molecular formula is C16H18ClNO. The number of hydrogen-bond donors (Lipinski definition) is 1. The highest BCUT2D eigenvalue weighted by molar-refractivity contribution is 6.32. The third-order valence-corrected chi connectivity index (χ3v) is 3.32. The highest BCUT2D eigenvalue weighted by Crippen LogP contribution is 2.31. The lowest BCUT2D eigenvalue weighted by Crippen LogP contribution is -1.99. The summed E-state index contributed by atoms with van der Waals surface area (Å²) < 4.78 is 5.70. The van der Waals surface area contributed by atoms with Gasteiger partial charge in [0.1, 0.15) is 6.61 Å². The number of benzene rings is 2. The topological polar surface area (TPSA) is 35.2 Å². The Hall–Kier alpha value is -1.67. The van der Waals surface area contributed by atoms with Gasteiger partial charge in [0.15, 0.2) is 5.75 Å². The van der Waals surface area contributed by atoms with Gasteiger partial charge in [0, 0.05) is 0 Å². The molecule has 19 heavy (non-hydrogen) atoms. The quantitative estimate of drug-likeness (QED) is 0.826. The molecule has 0 saturated heterocycles. The molecule has 0 heterocycles. The number of nitrogens with two attached hydrogens (primary N) is 1. The van der Waals surface area contributed by atoms with Gasteiger partial charge in [-0.15, -0.1) is 0 Å². The van der Waals surface area contributed by atoms with Gasteiger partial charge in [-0.1, -0.05) is 55.8 Å². The van der Waals surface area contributed by atoms with Crippen LogP contribution in [0.3, 0.4) is 0 Å². The number of nitrogen functional groups attached to an aromatic ring is 1. The van der Waals surface area contributed by atoms with E-state index in [9.17, 15) is 0 Å². The Balaban J connectivity index is 2.06. The first-order valence-corrected chi connectivity index (χ1v) is 6.71. The van der Waals surface area contributed by atoms with Crippen LogP contribution in [0.1, 0.15) is 30.9 Å². The van der Waals surface area contributed by atoms with Crippen LogP contribution < -0.4 is 10.5 Å². The van der Waals surface area contributed by atoms with Crippen LogP contribution in [0.15, 0.2) is 42.5 Å². The van der Waals surface area contributed by atoms with Crippen molar-refractivity contribution in [1.82, 2.24) is 0 Å². The van der Waals surface area contributed by atoms with E-state index in [0.29, 0.717) is 29.0 Å². The molecule has 2 aromatic carbocycles. The summed E-state index contributed by atoms with van der Waals surface area (Å²) in [5, 5.41) is 0.541. The Bertz CT molecular complexity index is 529. The molecule has 2 rings (SSSR count). The molecule has 0 amide bonds. The van der Waals surface area contributed by atoms with Crippen LogP contribution in [-0.4, -0.2) is 0 Å². The molecular weight excluding hydrogens is 258 g/mol. The molecule has 2 N–H and O–H groups in total. The number of anilines is 1. The average molecular weight is 276 g/mol. The van der Waals surface area contributed by atoms with Gasteiger partial charge in [-0.25, -0.2) is 0 Å². The molecule has 2 nitrogen and oxygen atoms in total. The van der Waals surface area contributed by atoms with Gasteiger partial charge in [-0.2, -0.15) is 0 Å². The van der Waals surface area contributed by atoms with Crippen molar-refractivity contribution in [3.05, 3.63) is 58.6 Å². The fourth-order valence-electron chi connectivity index (χ4n) is 1.83. The first-order valence-electron chi connectivity index (χ1n) is 6.33. The van der Waals surface area contributed by atoms with Gasteiger partial charge in [0.2, 0.25) is 0 Å². The maximum absolute atomic E-state index is 6.06. The maximum Gasteiger partial charge on any atom is 0.161 e. The molecule has 0 aliphatic rings. The van der Waals surface area contributed by atoms with Crippen LogP contribution >= 0.6 is 11.6 Å². The monoisotopic (exact) mass is 275 g/mol. The zero-order valence-corrected chi connectivity index (χ0v) is 11.9. The van der Waals surface area contributed by atoms with Crippen molar-refractivity contribution >= 4 is 17.3 Å². The molecule has 0 aromatic heterocycles. The van der Waals surface area contributed by atoms with Crippen LogP contribution in [0.25, 0.3) is 0 Å². The minimum atomic E-state index is 0.465. The summed E-state index contributed by atoms with van der Waals surface area (Å²) in [6.07, 6.45) is 0. The summed E-state index contributed by atoms with van der Waals surface area (Å²) in [4.78, 5) is 0. The largest absolute Gasteiger partial charge is 0.485 e. The summed E-state index contributed by atoms with van der Waals surface area (Å²) in [5.74, 6) is 1.09. The zero-order chi connectivity index (χ0) is 13.8. The van der Waals surface area contributed by atoms with Crippen LogP contribution in [0.5, 0.6) is 5.75 Å². The second-order valence-electron chi connectivity index (χ2n) is 4.84. The smallest absolute Gasteiger partial charge is 0.161 e. The van der Waals surface area contributed by atoms with Crippen molar-refractivity contribution in [3.63, 3.8) is 0 Å². The lowest BCUT2D eigenvalue weighted by Gasteiger charge is -2.11. The summed E-state index contributed by atoms with van der Waals surface area (Å²) in [5.41, 5.74) is 8.82. The lowest BCUT2D eigenvalue weighted by molar-refractivity contribution is 0.308. The summed E-state index contributed by atoms with van der Waals surface area (Å²) in [6.45, 7) is 4.82. The molecule has 0 fully saturated rings. The first-order chi connectivity index (χ1) is 9.08. The molecule has 2 aromatic rings. The van der Waals surface area contributed by atoms with Gasteiger partial charge in [-0.3, -0.25) is 0 Å². The van der Waals surface area contributed by atoms with Crippen molar-refractivity contribution in [1.29, 1.82) is 0 Å². The molecule has 0 bridgehead atoms. The maximum atomic E-state index is 6.06. The molecule has 0 unspecified atom stereocenters. The molecule has 0 radical (unpaired) electrons. The predicted molar refractivity (Wildman–Crippen MR) is 80.7 cm³/mol. The molecule has 0 aliphatic carbocycles. The van der Waals surface area contributed by atoms with Gasteiger partial charge in [-0.05, 0) is 29.2 Å². The number of halogens is 1. The Kier molecular flexibility index (Phi) is 4.33. The van der Waals surface area contributed by atoms with Gasteiger partial charge >= 0.3 is 0 Å². The summed E-state index contributed by atoms with van der Waals surface area (Å²) >= 11 is 6.06. The molecule has 100 valence electrons. The minimum Gasteiger partial charge on any atom is -0.485 e. The molecule has 3 heteroatoms. The highest BCUT2D eigenvalue weighted by atomic mass is 35.5. The van der Waals surface area contributed by atoms with Crippen LogP contribution in [0, 0.1) is 0 Å². The molecule has 0 aliphatic heterocycles. The SMILES string of the molecule is CC(C)c1ccc(COc2c(N)cccc2Cl)cc1. The van der Waals surface area contributed by atoms with E-state index >= 15 is 0 Å².